The third-order valence-electron chi connectivity index (χ3n) is 4.86. The Bertz CT molecular complexity index is 905. The van der Waals surface area contributed by atoms with Crippen LogP contribution in [0.1, 0.15) is 49.9 Å². The van der Waals surface area contributed by atoms with E-state index in [1.165, 1.54) is 0 Å². The first kappa shape index (κ1) is 19.9. The number of ether oxygens (including phenoxy) is 1. The molecular weight excluding hydrogens is 385 g/mol. The third kappa shape index (κ3) is 3.50. The summed E-state index contributed by atoms with van der Waals surface area (Å²) in [5.74, 6) is -0.438. The van der Waals surface area contributed by atoms with Gasteiger partial charge in [0.25, 0.3) is 0 Å². The molecule has 0 saturated carbocycles. The fourth-order valence-corrected chi connectivity index (χ4v) is 4.06. The Morgan fingerprint density at radius 1 is 1.30 bits per heavy atom. The van der Waals surface area contributed by atoms with Gasteiger partial charge in [-0.15, -0.1) is 0 Å². The van der Waals surface area contributed by atoms with E-state index in [0.29, 0.717) is 22.4 Å². The van der Waals surface area contributed by atoms with Gasteiger partial charge >= 0.3 is 5.97 Å². The van der Waals surface area contributed by atoms with Crippen LogP contribution in [0.2, 0.25) is 10.0 Å². The number of halogens is 2. The minimum Gasteiger partial charge on any atom is -0.465 e. The number of aryl methyl sites for hydroxylation is 2. The number of rotatable bonds is 5. The van der Waals surface area contributed by atoms with E-state index in [-0.39, 0.29) is 11.9 Å². The number of carbonyl (C=O) groups excluding carboxylic acids is 1. The van der Waals surface area contributed by atoms with Crippen molar-refractivity contribution in [1.82, 2.24) is 9.78 Å². The molecule has 1 aliphatic rings. The van der Waals surface area contributed by atoms with Gasteiger partial charge in [-0.05, 0) is 31.4 Å². The number of nitrogens with zero attached hydrogens (tertiary/aromatic N) is 3. The van der Waals surface area contributed by atoms with Crippen molar-refractivity contribution in [2.24, 2.45) is 18.0 Å². The van der Waals surface area contributed by atoms with Gasteiger partial charge in [-0.25, -0.2) is 4.99 Å². The summed E-state index contributed by atoms with van der Waals surface area (Å²) in [7, 11) is 1.86. The van der Waals surface area contributed by atoms with Crippen molar-refractivity contribution in [3.05, 3.63) is 45.1 Å². The maximum atomic E-state index is 13.0. The zero-order valence-electron chi connectivity index (χ0n) is 15.9. The van der Waals surface area contributed by atoms with E-state index >= 15 is 0 Å². The molecule has 1 aromatic heterocycles. The molecule has 0 fully saturated rings. The fraction of sp³-hybridized carbons (Fsp3) is 0.450. The quantitative estimate of drug-likeness (QED) is 0.647. The summed E-state index contributed by atoms with van der Waals surface area (Å²) in [5.41, 5.74) is 3.31. The Balaban J connectivity index is 2.24. The Kier molecular flexibility index (Phi) is 5.92. The molecule has 3 rings (SSSR count). The van der Waals surface area contributed by atoms with Crippen LogP contribution in [0.15, 0.2) is 23.2 Å². The van der Waals surface area contributed by atoms with Crippen molar-refractivity contribution in [2.45, 2.75) is 39.5 Å². The summed E-state index contributed by atoms with van der Waals surface area (Å²) in [6.45, 7) is 6.23. The predicted octanol–water partition coefficient (Wildman–Crippen LogP) is 5.10. The number of fused-ring (bicyclic) bond motifs is 1. The SMILES string of the molecule is CCCOC(=O)C1C(C)=Nc2c(c(CC)nn2C)C1c1cccc(Cl)c1Cl. The summed E-state index contributed by atoms with van der Waals surface area (Å²) >= 11 is 12.9. The minimum absolute atomic E-state index is 0.296. The molecule has 2 aromatic rings. The average molecular weight is 408 g/mol. The fourth-order valence-electron chi connectivity index (χ4n) is 3.64. The van der Waals surface area contributed by atoms with Gasteiger partial charge in [0.1, 0.15) is 5.92 Å². The van der Waals surface area contributed by atoms with E-state index in [1.807, 2.05) is 40.0 Å². The molecule has 2 unspecified atom stereocenters. The zero-order chi connectivity index (χ0) is 19.7. The van der Waals surface area contributed by atoms with Crippen LogP contribution in [0.5, 0.6) is 0 Å². The van der Waals surface area contributed by atoms with Crippen molar-refractivity contribution < 1.29 is 9.53 Å². The number of aromatic nitrogens is 2. The normalized spacial score (nSPS) is 18.8. The molecule has 5 nitrogen and oxygen atoms in total. The van der Waals surface area contributed by atoms with E-state index in [9.17, 15) is 4.79 Å². The number of esters is 1. The first-order chi connectivity index (χ1) is 12.9. The standard InChI is InChI=1S/C20H23Cl2N3O2/c1-5-10-27-20(26)15-11(3)23-19-17(14(6-2)24-25(19)4)16(15)12-8-7-9-13(21)18(12)22/h7-9,15-16H,5-6,10H2,1-4H3. The molecule has 0 radical (unpaired) electrons. The molecule has 0 spiro atoms. The first-order valence-corrected chi connectivity index (χ1v) is 9.87. The lowest BCUT2D eigenvalue weighted by molar-refractivity contribution is -0.146. The van der Waals surface area contributed by atoms with Gasteiger partial charge in [-0.1, -0.05) is 49.2 Å². The molecule has 0 aliphatic carbocycles. The van der Waals surface area contributed by atoms with E-state index in [4.69, 9.17) is 32.9 Å². The van der Waals surface area contributed by atoms with Gasteiger partial charge in [0.05, 0.1) is 22.3 Å². The van der Waals surface area contributed by atoms with Crippen molar-refractivity contribution in [2.75, 3.05) is 6.61 Å². The highest BCUT2D eigenvalue weighted by Crippen LogP contribution is 2.47. The van der Waals surface area contributed by atoms with Crippen LogP contribution < -0.4 is 0 Å². The lowest BCUT2D eigenvalue weighted by Crippen LogP contribution is -2.34. The topological polar surface area (TPSA) is 56.5 Å². The van der Waals surface area contributed by atoms with E-state index < -0.39 is 5.92 Å². The molecule has 0 amide bonds. The molecule has 0 saturated heterocycles. The highest BCUT2D eigenvalue weighted by molar-refractivity contribution is 6.42. The molecule has 0 N–H and O–H groups in total. The zero-order valence-corrected chi connectivity index (χ0v) is 17.4. The molecule has 27 heavy (non-hydrogen) atoms. The number of aliphatic imine (C=N–C) groups is 1. The van der Waals surface area contributed by atoms with Crippen LogP contribution in [-0.4, -0.2) is 28.1 Å². The van der Waals surface area contributed by atoms with Crippen LogP contribution in [0.3, 0.4) is 0 Å². The van der Waals surface area contributed by atoms with E-state index in [1.54, 1.807) is 10.7 Å². The highest BCUT2D eigenvalue weighted by atomic mass is 35.5. The maximum Gasteiger partial charge on any atom is 0.315 e. The number of hydrogen-bond acceptors (Lipinski definition) is 4. The molecule has 7 heteroatoms. The predicted molar refractivity (Wildman–Crippen MR) is 108 cm³/mol. The van der Waals surface area contributed by atoms with Crippen molar-refractivity contribution in [3.8, 4) is 0 Å². The number of carbonyl (C=O) groups is 1. The van der Waals surface area contributed by atoms with Crippen molar-refractivity contribution in [3.63, 3.8) is 0 Å². The van der Waals surface area contributed by atoms with Crippen LogP contribution in [0, 0.1) is 5.92 Å². The minimum atomic E-state index is -0.561. The molecule has 2 atom stereocenters. The van der Waals surface area contributed by atoms with Crippen molar-refractivity contribution >= 4 is 40.7 Å². The van der Waals surface area contributed by atoms with Gasteiger partial charge in [-0.3, -0.25) is 9.48 Å². The summed E-state index contributed by atoms with van der Waals surface area (Å²) in [4.78, 5) is 17.6. The largest absolute Gasteiger partial charge is 0.465 e. The van der Waals surface area contributed by atoms with Crippen LogP contribution in [-0.2, 0) is 23.0 Å². The third-order valence-corrected chi connectivity index (χ3v) is 5.69. The van der Waals surface area contributed by atoms with Gasteiger partial charge in [0, 0.05) is 24.2 Å². The van der Waals surface area contributed by atoms with E-state index in [2.05, 4.69) is 5.10 Å². The molecular formula is C20H23Cl2N3O2. The van der Waals surface area contributed by atoms with E-state index in [0.717, 1.165) is 35.5 Å². The maximum absolute atomic E-state index is 13.0. The molecule has 144 valence electrons. The smallest absolute Gasteiger partial charge is 0.315 e. The summed E-state index contributed by atoms with van der Waals surface area (Å²) in [6.07, 6.45) is 1.48. The Labute approximate surface area is 169 Å². The molecule has 1 aliphatic heterocycles. The average Bonchev–Trinajstić information content (AvgIpc) is 2.96. The van der Waals surface area contributed by atoms with Gasteiger partial charge < -0.3 is 4.74 Å². The lowest BCUT2D eigenvalue weighted by Gasteiger charge is -2.31. The van der Waals surface area contributed by atoms with Crippen LogP contribution in [0.25, 0.3) is 0 Å². The highest BCUT2D eigenvalue weighted by Gasteiger charge is 2.42. The number of hydrogen-bond donors (Lipinski definition) is 0. The lowest BCUT2D eigenvalue weighted by atomic mass is 9.76. The number of benzene rings is 1. The summed E-state index contributed by atoms with van der Waals surface area (Å²) < 4.78 is 7.26. The Hall–Kier alpha value is -1.85. The van der Waals surface area contributed by atoms with Gasteiger partial charge in [-0.2, -0.15) is 5.10 Å². The second-order valence-corrected chi connectivity index (χ2v) is 7.47. The van der Waals surface area contributed by atoms with Crippen LogP contribution >= 0.6 is 23.2 Å². The first-order valence-electron chi connectivity index (χ1n) is 9.12. The van der Waals surface area contributed by atoms with Gasteiger partial charge in [0.15, 0.2) is 5.82 Å². The Morgan fingerprint density at radius 3 is 2.70 bits per heavy atom. The second kappa shape index (κ2) is 8.03. The summed E-state index contributed by atoms with van der Waals surface area (Å²) in [5, 5.41) is 5.52. The molecule has 1 aromatic carbocycles. The monoisotopic (exact) mass is 407 g/mol. The second-order valence-electron chi connectivity index (χ2n) is 6.68. The molecule has 0 bridgehead atoms. The van der Waals surface area contributed by atoms with Gasteiger partial charge in [0.2, 0.25) is 0 Å². The molecule has 2 heterocycles. The summed E-state index contributed by atoms with van der Waals surface area (Å²) in [6, 6.07) is 5.50. The Morgan fingerprint density at radius 2 is 2.04 bits per heavy atom. The van der Waals surface area contributed by atoms with Crippen LogP contribution in [0.4, 0.5) is 5.82 Å². The van der Waals surface area contributed by atoms with Crippen molar-refractivity contribution in [1.29, 1.82) is 0 Å².